The van der Waals surface area contributed by atoms with Gasteiger partial charge in [0.05, 0.1) is 20.2 Å². The zero-order valence-corrected chi connectivity index (χ0v) is 14.7. The fourth-order valence-electron chi connectivity index (χ4n) is 2.11. The van der Waals surface area contributed by atoms with Gasteiger partial charge in [-0.2, -0.15) is 0 Å². The van der Waals surface area contributed by atoms with Gasteiger partial charge in [0.25, 0.3) is 0 Å². The second kappa shape index (κ2) is 10.6. The van der Waals surface area contributed by atoms with Crippen molar-refractivity contribution in [2.24, 2.45) is 0 Å². The van der Waals surface area contributed by atoms with Gasteiger partial charge in [0.1, 0.15) is 18.1 Å². The van der Waals surface area contributed by atoms with Crippen molar-refractivity contribution in [1.29, 1.82) is 0 Å². The molecule has 0 unspecified atom stereocenters. The topological polar surface area (TPSA) is 88.7 Å². The van der Waals surface area contributed by atoms with Gasteiger partial charge < -0.3 is 25.4 Å². The summed E-state index contributed by atoms with van der Waals surface area (Å²) in [7, 11) is 1.59. The number of nitrogens with one attached hydrogen (secondary N) is 3. The van der Waals surface area contributed by atoms with E-state index in [0.717, 1.165) is 5.56 Å². The van der Waals surface area contributed by atoms with Crippen LogP contribution in [0.2, 0.25) is 0 Å². The lowest BCUT2D eigenvalue weighted by molar-refractivity contribution is -0.120. The summed E-state index contributed by atoms with van der Waals surface area (Å²) in [4.78, 5) is 23.4. The smallest absolute Gasteiger partial charge is 0.315 e. The Morgan fingerprint density at radius 1 is 0.923 bits per heavy atom. The lowest BCUT2D eigenvalue weighted by atomic mass is 10.2. The maximum atomic E-state index is 11.7. The summed E-state index contributed by atoms with van der Waals surface area (Å²) >= 11 is 0. The second-order valence-corrected chi connectivity index (χ2v) is 5.40. The van der Waals surface area contributed by atoms with E-state index in [9.17, 15) is 9.59 Å². The minimum Gasteiger partial charge on any atom is -0.497 e. The number of amides is 3. The van der Waals surface area contributed by atoms with Crippen molar-refractivity contribution in [3.63, 3.8) is 0 Å². The highest BCUT2D eigenvalue weighted by atomic mass is 16.5. The molecule has 0 heterocycles. The Balaban J connectivity index is 1.56. The number of benzene rings is 2. The van der Waals surface area contributed by atoms with E-state index in [1.807, 2.05) is 48.5 Å². The first-order valence-electron chi connectivity index (χ1n) is 8.26. The van der Waals surface area contributed by atoms with E-state index < -0.39 is 6.03 Å². The van der Waals surface area contributed by atoms with Crippen LogP contribution in [0.5, 0.6) is 11.5 Å². The maximum absolute atomic E-state index is 11.7. The van der Waals surface area contributed by atoms with E-state index in [-0.39, 0.29) is 12.5 Å². The number of methoxy groups -OCH3 is 1. The molecule has 2 aromatic rings. The van der Waals surface area contributed by atoms with Crippen LogP contribution in [0.4, 0.5) is 4.79 Å². The molecule has 7 nitrogen and oxygen atoms in total. The molecule has 7 heteroatoms. The highest BCUT2D eigenvalue weighted by molar-refractivity contribution is 5.83. The van der Waals surface area contributed by atoms with Gasteiger partial charge in [-0.05, 0) is 17.7 Å². The van der Waals surface area contributed by atoms with Crippen molar-refractivity contribution in [2.45, 2.75) is 6.54 Å². The van der Waals surface area contributed by atoms with Crippen LogP contribution in [0.15, 0.2) is 54.6 Å². The molecule has 0 saturated carbocycles. The third kappa shape index (κ3) is 7.12. The van der Waals surface area contributed by atoms with Crippen LogP contribution in [0.3, 0.4) is 0 Å². The van der Waals surface area contributed by atoms with Gasteiger partial charge in [-0.15, -0.1) is 0 Å². The monoisotopic (exact) mass is 357 g/mol. The zero-order chi connectivity index (χ0) is 18.6. The first kappa shape index (κ1) is 19.1. The van der Waals surface area contributed by atoms with Gasteiger partial charge in [0, 0.05) is 12.6 Å². The number of ether oxygens (including phenoxy) is 2. The Hall–Kier alpha value is -3.22. The van der Waals surface area contributed by atoms with Crippen molar-refractivity contribution in [2.75, 3.05) is 26.8 Å². The Kier molecular flexibility index (Phi) is 7.79. The van der Waals surface area contributed by atoms with Crippen LogP contribution in [-0.4, -0.2) is 38.7 Å². The molecule has 2 rings (SSSR count). The van der Waals surface area contributed by atoms with Crippen molar-refractivity contribution in [1.82, 2.24) is 16.0 Å². The van der Waals surface area contributed by atoms with E-state index in [2.05, 4.69) is 16.0 Å². The predicted octanol–water partition coefficient (Wildman–Crippen LogP) is 1.69. The predicted molar refractivity (Wildman–Crippen MR) is 98.2 cm³/mol. The largest absolute Gasteiger partial charge is 0.497 e. The number of rotatable bonds is 9. The lowest BCUT2D eigenvalue weighted by Gasteiger charge is -2.10. The molecule has 0 bridgehead atoms. The molecule has 0 atom stereocenters. The Labute approximate surface area is 152 Å². The third-order valence-corrected chi connectivity index (χ3v) is 3.44. The van der Waals surface area contributed by atoms with Crippen LogP contribution in [-0.2, 0) is 11.3 Å². The van der Waals surface area contributed by atoms with Crippen LogP contribution in [0.1, 0.15) is 5.56 Å². The molecule has 0 radical (unpaired) electrons. The van der Waals surface area contributed by atoms with E-state index in [1.165, 1.54) is 0 Å². The molecule has 0 spiro atoms. The average Bonchev–Trinajstić information content (AvgIpc) is 2.69. The van der Waals surface area contributed by atoms with Gasteiger partial charge in [-0.1, -0.05) is 36.4 Å². The summed E-state index contributed by atoms with van der Waals surface area (Å²) in [6, 6.07) is 16.4. The summed E-state index contributed by atoms with van der Waals surface area (Å²) in [6.07, 6.45) is 0. The molecule has 138 valence electrons. The van der Waals surface area contributed by atoms with E-state index in [0.29, 0.717) is 31.2 Å². The van der Waals surface area contributed by atoms with E-state index >= 15 is 0 Å². The molecule has 0 aliphatic carbocycles. The summed E-state index contributed by atoms with van der Waals surface area (Å²) in [6.45, 7) is 0.963. The van der Waals surface area contributed by atoms with Crippen molar-refractivity contribution >= 4 is 11.9 Å². The standard InChI is InChI=1S/C19H23N3O4/c1-25-16-8-5-9-17(12-16)26-11-10-20-18(23)14-22-19(24)21-13-15-6-3-2-4-7-15/h2-9,12H,10-11,13-14H2,1H3,(H,20,23)(H2,21,22,24). The van der Waals surface area contributed by atoms with Gasteiger partial charge in [-0.25, -0.2) is 4.79 Å². The average molecular weight is 357 g/mol. The highest BCUT2D eigenvalue weighted by Gasteiger charge is 2.05. The Bertz CT molecular complexity index is 707. The van der Waals surface area contributed by atoms with Crippen LogP contribution < -0.4 is 25.4 Å². The van der Waals surface area contributed by atoms with Crippen molar-refractivity contribution in [3.05, 3.63) is 60.2 Å². The molecule has 3 N–H and O–H groups in total. The Morgan fingerprint density at radius 2 is 1.69 bits per heavy atom. The van der Waals surface area contributed by atoms with Gasteiger partial charge >= 0.3 is 6.03 Å². The fourth-order valence-corrected chi connectivity index (χ4v) is 2.11. The second-order valence-electron chi connectivity index (χ2n) is 5.40. The number of urea groups is 1. The molecule has 26 heavy (non-hydrogen) atoms. The van der Waals surface area contributed by atoms with Gasteiger partial charge in [0.2, 0.25) is 5.91 Å². The minimum absolute atomic E-state index is 0.0974. The third-order valence-electron chi connectivity index (χ3n) is 3.44. The summed E-state index contributed by atoms with van der Waals surface area (Å²) in [5.74, 6) is 1.09. The maximum Gasteiger partial charge on any atom is 0.315 e. The molecule has 3 amide bonds. The molecule has 0 aromatic heterocycles. The fraction of sp³-hybridized carbons (Fsp3) is 0.263. The number of carbonyl (C=O) groups excluding carboxylic acids is 2. The van der Waals surface area contributed by atoms with Crippen LogP contribution in [0, 0.1) is 0 Å². The van der Waals surface area contributed by atoms with Crippen LogP contribution >= 0.6 is 0 Å². The first-order valence-corrected chi connectivity index (χ1v) is 8.26. The molecular weight excluding hydrogens is 334 g/mol. The summed E-state index contributed by atoms with van der Waals surface area (Å²) < 4.78 is 10.6. The number of hydrogen-bond donors (Lipinski definition) is 3. The summed E-state index contributed by atoms with van der Waals surface area (Å²) in [5, 5.41) is 7.87. The molecule has 0 aliphatic heterocycles. The Morgan fingerprint density at radius 3 is 2.46 bits per heavy atom. The van der Waals surface area contributed by atoms with Crippen LogP contribution in [0.25, 0.3) is 0 Å². The molecule has 0 aliphatic rings. The van der Waals surface area contributed by atoms with Crippen molar-refractivity contribution < 1.29 is 19.1 Å². The van der Waals surface area contributed by atoms with E-state index in [1.54, 1.807) is 13.2 Å². The van der Waals surface area contributed by atoms with Crippen molar-refractivity contribution in [3.8, 4) is 11.5 Å². The zero-order valence-electron chi connectivity index (χ0n) is 14.7. The van der Waals surface area contributed by atoms with E-state index in [4.69, 9.17) is 9.47 Å². The lowest BCUT2D eigenvalue weighted by Crippen LogP contribution is -2.42. The molecule has 0 saturated heterocycles. The first-order chi connectivity index (χ1) is 12.7. The molecule has 2 aromatic carbocycles. The quantitative estimate of drug-likeness (QED) is 0.596. The normalized spacial score (nSPS) is 9.88. The SMILES string of the molecule is COc1cccc(OCCNC(=O)CNC(=O)NCc2ccccc2)c1. The number of hydrogen-bond acceptors (Lipinski definition) is 4. The minimum atomic E-state index is -0.392. The molecule has 0 fully saturated rings. The van der Waals surface area contributed by atoms with Gasteiger partial charge in [-0.3, -0.25) is 4.79 Å². The highest BCUT2D eigenvalue weighted by Crippen LogP contribution is 2.18. The number of carbonyl (C=O) groups is 2. The molecular formula is C19H23N3O4. The van der Waals surface area contributed by atoms with Gasteiger partial charge in [0.15, 0.2) is 0 Å². The summed E-state index contributed by atoms with van der Waals surface area (Å²) in [5.41, 5.74) is 0.988.